The maximum absolute atomic E-state index is 8.86. The Kier molecular flexibility index (Phi) is 5.03. The summed E-state index contributed by atoms with van der Waals surface area (Å²) < 4.78 is 5.68. The van der Waals surface area contributed by atoms with Crippen molar-refractivity contribution >= 4 is 12.4 Å². The minimum Gasteiger partial charge on any atom is -0.472 e. The van der Waals surface area contributed by atoms with E-state index >= 15 is 0 Å². The van der Waals surface area contributed by atoms with Crippen LogP contribution in [0.15, 0.2) is 18.3 Å². The smallest absolute Gasteiger partial charge is 0.231 e. The van der Waals surface area contributed by atoms with E-state index in [2.05, 4.69) is 16.4 Å². The van der Waals surface area contributed by atoms with Gasteiger partial charge in [0.15, 0.2) is 0 Å². The van der Waals surface area contributed by atoms with Gasteiger partial charge in [0.2, 0.25) is 5.88 Å². The van der Waals surface area contributed by atoms with E-state index in [1.54, 1.807) is 18.3 Å². The van der Waals surface area contributed by atoms with Crippen molar-refractivity contribution in [1.29, 1.82) is 5.26 Å². The standard InChI is InChI=1S/C11H13N3O.ClH/c12-7-9-3-1-6-14-11(9)15-10-4-2-5-13-8-10;/h1,3,6,10,13H,2,4-5,8H2;1H/t10-;/m0./s1. The average Bonchev–Trinajstić information content (AvgIpc) is 2.31. The number of piperidine rings is 1. The zero-order valence-electron chi connectivity index (χ0n) is 8.85. The minimum atomic E-state index is 0. The molecule has 0 unspecified atom stereocenters. The molecule has 2 rings (SSSR count). The van der Waals surface area contributed by atoms with Gasteiger partial charge in [-0.25, -0.2) is 4.98 Å². The van der Waals surface area contributed by atoms with Gasteiger partial charge in [-0.2, -0.15) is 5.26 Å². The van der Waals surface area contributed by atoms with Gasteiger partial charge in [-0.15, -0.1) is 12.4 Å². The van der Waals surface area contributed by atoms with Crippen molar-refractivity contribution < 1.29 is 4.74 Å². The largest absolute Gasteiger partial charge is 0.472 e. The summed E-state index contributed by atoms with van der Waals surface area (Å²) in [4.78, 5) is 4.07. The van der Waals surface area contributed by atoms with E-state index < -0.39 is 0 Å². The average molecular weight is 240 g/mol. The first-order valence-electron chi connectivity index (χ1n) is 5.12. The van der Waals surface area contributed by atoms with Gasteiger partial charge in [0.1, 0.15) is 17.7 Å². The summed E-state index contributed by atoms with van der Waals surface area (Å²) in [6.07, 6.45) is 3.92. The highest BCUT2D eigenvalue weighted by molar-refractivity contribution is 5.85. The molecule has 1 aliphatic rings. The molecule has 0 aromatic carbocycles. The molecule has 2 heterocycles. The molecule has 1 aliphatic heterocycles. The van der Waals surface area contributed by atoms with Crippen molar-refractivity contribution in [2.75, 3.05) is 13.1 Å². The molecular weight excluding hydrogens is 226 g/mol. The van der Waals surface area contributed by atoms with Gasteiger partial charge in [-0.1, -0.05) is 0 Å². The molecule has 0 aliphatic carbocycles. The van der Waals surface area contributed by atoms with Crippen LogP contribution in [0.3, 0.4) is 0 Å². The Morgan fingerprint density at radius 2 is 2.44 bits per heavy atom. The lowest BCUT2D eigenvalue weighted by atomic mass is 10.1. The number of pyridine rings is 1. The first kappa shape index (κ1) is 12.8. The van der Waals surface area contributed by atoms with Crippen molar-refractivity contribution in [3.05, 3.63) is 23.9 Å². The van der Waals surface area contributed by atoms with Crippen molar-refractivity contribution in [3.63, 3.8) is 0 Å². The molecule has 0 spiro atoms. The predicted molar refractivity (Wildman–Crippen MR) is 62.7 cm³/mol. The van der Waals surface area contributed by atoms with Crippen LogP contribution < -0.4 is 10.1 Å². The number of nitrogens with zero attached hydrogens (tertiary/aromatic N) is 2. The molecule has 1 saturated heterocycles. The second-order valence-corrected chi connectivity index (χ2v) is 3.55. The molecule has 1 fully saturated rings. The fourth-order valence-electron chi connectivity index (χ4n) is 1.65. The lowest BCUT2D eigenvalue weighted by molar-refractivity contribution is 0.160. The van der Waals surface area contributed by atoms with Crippen LogP contribution in [-0.4, -0.2) is 24.2 Å². The van der Waals surface area contributed by atoms with E-state index in [0.29, 0.717) is 11.4 Å². The van der Waals surface area contributed by atoms with Crippen molar-refractivity contribution in [2.24, 2.45) is 0 Å². The molecule has 16 heavy (non-hydrogen) atoms. The van der Waals surface area contributed by atoms with Crippen molar-refractivity contribution in [3.8, 4) is 11.9 Å². The molecule has 0 amide bonds. The fourth-order valence-corrected chi connectivity index (χ4v) is 1.65. The number of rotatable bonds is 2. The molecule has 4 nitrogen and oxygen atoms in total. The number of hydrogen-bond acceptors (Lipinski definition) is 4. The topological polar surface area (TPSA) is 57.9 Å². The fraction of sp³-hybridized carbons (Fsp3) is 0.455. The lowest BCUT2D eigenvalue weighted by Gasteiger charge is -2.23. The van der Waals surface area contributed by atoms with E-state index in [1.807, 2.05) is 0 Å². The van der Waals surface area contributed by atoms with E-state index in [4.69, 9.17) is 10.00 Å². The molecule has 0 bridgehead atoms. The molecule has 0 radical (unpaired) electrons. The van der Waals surface area contributed by atoms with E-state index in [0.717, 1.165) is 25.9 Å². The quantitative estimate of drug-likeness (QED) is 0.850. The number of aromatic nitrogens is 1. The number of halogens is 1. The highest BCUT2D eigenvalue weighted by Crippen LogP contribution is 2.16. The Labute approximate surface area is 101 Å². The van der Waals surface area contributed by atoms with Crippen LogP contribution in [-0.2, 0) is 0 Å². The van der Waals surface area contributed by atoms with E-state index in [-0.39, 0.29) is 18.5 Å². The molecule has 0 saturated carbocycles. The third-order valence-corrected chi connectivity index (χ3v) is 2.42. The molecular formula is C11H14ClN3O. The van der Waals surface area contributed by atoms with Crippen LogP contribution in [0.25, 0.3) is 0 Å². The first-order chi connectivity index (χ1) is 7.40. The van der Waals surface area contributed by atoms with E-state index in [9.17, 15) is 0 Å². The lowest BCUT2D eigenvalue weighted by Crippen LogP contribution is -2.37. The minimum absolute atomic E-state index is 0. The van der Waals surface area contributed by atoms with Crippen LogP contribution in [0.5, 0.6) is 5.88 Å². The number of hydrogen-bond donors (Lipinski definition) is 1. The highest BCUT2D eigenvalue weighted by atomic mass is 35.5. The van der Waals surface area contributed by atoms with Crippen LogP contribution >= 0.6 is 12.4 Å². The molecule has 86 valence electrons. The third-order valence-electron chi connectivity index (χ3n) is 2.42. The Bertz CT molecular complexity index is 372. The monoisotopic (exact) mass is 239 g/mol. The number of nitrogens with one attached hydrogen (secondary N) is 1. The van der Waals surface area contributed by atoms with Crippen molar-refractivity contribution in [1.82, 2.24) is 10.3 Å². The van der Waals surface area contributed by atoms with Crippen LogP contribution in [0.2, 0.25) is 0 Å². The third kappa shape index (κ3) is 3.09. The highest BCUT2D eigenvalue weighted by Gasteiger charge is 2.16. The molecule has 1 atom stereocenters. The summed E-state index contributed by atoms with van der Waals surface area (Å²) in [6, 6.07) is 5.54. The molecule has 1 aromatic rings. The zero-order chi connectivity index (χ0) is 10.5. The second kappa shape index (κ2) is 6.31. The summed E-state index contributed by atoms with van der Waals surface area (Å²) in [6.45, 7) is 1.88. The van der Waals surface area contributed by atoms with Gasteiger partial charge >= 0.3 is 0 Å². The van der Waals surface area contributed by atoms with Crippen LogP contribution in [0, 0.1) is 11.3 Å². The van der Waals surface area contributed by atoms with Crippen LogP contribution in [0.4, 0.5) is 0 Å². The van der Waals surface area contributed by atoms with Gasteiger partial charge in [-0.3, -0.25) is 0 Å². The summed E-state index contributed by atoms with van der Waals surface area (Å²) in [5.41, 5.74) is 0.503. The Morgan fingerprint density at radius 1 is 1.56 bits per heavy atom. The number of ether oxygens (including phenoxy) is 1. The van der Waals surface area contributed by atoms with Gasteiger partial charge in [0, 0.05) is 12.7 Å². The maximum Gasteiger partial charge on any atom is 0.231 e. The Morgan fingerprint density at radius 3 is 3.12 bits per heavy atom. The molecule has 5 heteroatoms. The van der Waals surface area contributed by atoms with Gasteiger partial charge < -0.3 is 10.1 Å². The summed E-state index contributed by atoms with van der Waals surface area (Å²) in [5.74, 6) is 0.452. The Hall–Kier alpha value is -1.31. The maximum atomic E-state index is 8.86. The number of nitriles is 1. The zero-order valence-corrected chi connectivity index (χ0v) is 9.67. The second-order valence-electron chi connectivity index (χ2n) is 3.55. The molecule has 1 aromatic heterocycles. The van der Waals surface area contributed by atoms with Gasteiger partial charge in [-0.05, 0) is 31.5 Å². The predicted octanol–water partition coefficient (Wildman–Crippen LogP) is 1.51. The molecule has 1 N–H and O–H groups in total. The SMILES string of the molecule is Cl.N#Cc1cccnc1O[C@H]1CCCNC1. The van der Waals surface area contributed by atoms with Gasteiger partial charge in [0.05, 0.1) is 0 Å². The van der Waals surface area contributed by atoms with Gasteiger partial charge in [0.25, 0.3) is 0 Å². The van der Waals surface area contributed by atoms with Crippen molar-refractivity contribution in [2.45, 2.75) is 18.9 Å². The van der Waals surface area contributed by atoms with E-state index in [1.165, 1.54) is 0 Å². The normalized spacial score (nSPS) is 19.3. The Balaban J connectivity index is 0.00000128. The summed E-state index contributed by atoms with van der Waals surface area (Å²) >= 11 is 0. The summed E-state index contributed by atoms with van der Waals surface area (Å²) in [5, 5.41) is 12.1. The summed E-state index contributed by atoms with van der Waals surface area (Å²) in [7, 11) is 0. The van der Waals surface area contributed by atoms with Crippen LogP contribution in [0.1, 0.15) is 18.4 Å². The first-order valence-corrected chi connectivity index (χ1v) is 5.12.